The van der Waals surface area contributed by atoms with Gasteiger partial charge in [0.15, 0.2) is 11.6 Å². The second kappa shape index (κ2) is 8.59. The molecule has 7 nitrogen and oxygen atoms in total. The largest absolute Gasteiger partial charge is 0.476 e. The predicted molar refractivity (Wildman–Crippen MR) is 108 cm³/mol. The molecule has 1 aliphatic rings. The number of pyridine rings is 2. The summed E-state index contributed by atoms with van der Waals surface area (Å²) in [6.45, 7) is 5.95. The van der Waals surface area contributed by atoms with Crippen molar-refractivity contribution in [2.45, 2.75) is 13.0 Å². The Kier molecular flexibility index (Phi) is 5.73. The molecule has 1 unspecified atom stereocenters. The minimum atomic E-state index is -0.528. The minimum absolute atomic E-state index is 0.0892. The van der Waals surface area contributed by atoms with Crippen LogP contribution in [0.25, 0.3) is 10.9 Å². The van der Waals surface area contributed by atoms with Crippen LogP contribution in [-0.4, -0.2) is 53.8 Å². The van der Waals surface area contributed by atoms with Crippen LogP contribution < -0.4 is 15.2 Å². The van der Waals surface area contributed by atoms with E-state index in [1.807, 2.05) is 0 Å². The second-order valence-corrected chi connectivity index (χ2v) is 6.95. The van der Waals surface area contributed by atoms with E-state index in [4.69, 9.17) is 19.9 Å². The first kappa shape index (κ1) is 19.4. The molecule has 0 radical (unpaired) electrons. The maximum atomic E-state index is 14.1. The van der Waals surface area contributed by atoms with Crippen LogP contribution in [-0.2, 0) is 4.74 Å². The lowest BCUT2D eigenvalue weighted by molar-refractivity contribution is 0.0102. The highest BCUT2D eigenvalue weighted by Crippen LogP contribution is 2.31. The van der Waals surface area contributed by atoms with Gasteiger partial charge in [-0.2, -0.15) is 0 Å². The fourth-order valence-electron chi connectivity index (χ4n) is 3.21. The van der Waals surface area contributed by atoms with Gasteiger partial charge in [0, 0.05) is 49.3 Å². The van der Waals surface area contributed by atoms with Crippen molar-refractivity contribution in [3.05, 3.63) is 48.5 Å². The predicted octanol–water partition coefficient (Wildman–Crippen LogP) is 3.24. The van der Waals surface area contributed by atoms with Crippen molar-refractivity contribution in [2.24, 2.45) is 0 Å². The van der Waals surface area contributed by atoms with E-state index in [0.29, 0.717) is 34.8 Å². The molecule has 29 heavy (non-hydrogen) atoms. The molecular formula is C21H23FN4O3. The standard InChI is InChI=1S/C21H23FN4O3/c1-14(26-6-8-27-9-7-26)13-28-21-11-18-16(12-25-21)19(4-5-24-18)29-20-3-2-15(23)10-17(20)22/h2-5,10-12,14H,6-9,13,23H2,1H3. The molecule has 1 fully saturated rings. The number of halogens is 1. The highest BCUT2D eigenvalue weighted by atomic mass is 19.1. The molecule has 2 N–H and O–H groups in total. The molecule has 1 aromatic carbocycles. The lowest BCUT2D eigenvalue weighted by Gasteiger charge is -2.31. The molecule has 152 valence electrons. The summed E-state index contributed by atoms with van der Waals surface area (Å²) in [5.41, 5.74) is 6.58. The lowest BCUT2D eigenvalue weighted by Crippen LogP contribution is -2.44. The van der Waals surface area contributed by atoms with Crippen LogP contribution >= 0.6 is 0 Å². The van der Waals surface area contributed by atoms with Gasteiger partial charge in [-0.05, 0) is 25.1 Å². The molecule has 8 heteroatoms. The van der Waals surface area contributed by atoms with Crippen molar-refractivity contribution in [3.63, 3.8) is 0 Å². The first-order valence-corrected chi connectivity index (χ1v) is 9.52. The van der Waals surface area contributed by atoms with Gasteiger partial charge in [-0.3, -0.25) is 9.88 Å². The van der Waals surface area contributed by atoms with Gasteiger partial charge in [-0.1, -0.05) is 0 Å². The SMILES string of the molecule is CC(COc1cc2nccc(Oc3ccc(N)cc3F)c2cn1)N1CCOCC1. The number of morpholine rings is 1. The first-order valence-electron chi connectivity index (χ1n) is 9.52. The molecular weight excluding hydrogens is 375 g/mol. The fraction of sp³-hybridized carbons (Fsp3) is 0.333. The summed E-state index contributed by atoms with van der Waals surface area (Å²) in [6.07, 6.45) is 3.23. The summed E-state index contributed by atoms with van der Waals surface area (Å²) < 4.78 is 31.0. The number of benzene rings is 1. The van der Waals surface area contributed by atoms with Crippen LogP contribution in [0.15, 0.2) is 42.7 Å². The van der Waals surface area contributed by atoms with Gasteiger partial charge >= 0.3 is 0 Å². The highest BCUT2D eigenvalue weighted by molar-refractivity contribution is 5.85. The van der Waals surface area contributed by atoms with Gasteiger partial charge in [0.25, 0.3) is 0 Å². The van der Waals surface area contributed by atoms with Gasteiger partial charge in [-0.15, -0.1) is 0 Å². The number of nitrogen functional groups attached to an aromatic ring is 1. The molecule has 1 aliphatic heterocycles. The Morgan fingerprint density at radius 3 is 2.79 bits per heavy atom. The fourth-order valence-corrected chi connectivity index (χ4v) is 3.21. The zero-order valence-electron chi connectivity index (χ0n) is 16.2. The first-order chi connectivity index (χ1) is 14.1. The average Bonchev–Trinajstić information content (AvgIpc) is 2.74. The highest BCUT2D eigenvalue weighted by Gasteiger charge is 2.18. The number of anilines is 1. The van der Waals surface area contributed by atoms with Crippen molar-refractivity contribution in [1.82, 2.24) is 14.9 Å². The van der Waals surface area contributed by atoms with E-state index in [0.717, 1.165) is 26.3 Å². The van der Waals surface area contributed by atoms with E-state index in [1.165, 1.54) is 12.1 Å². The Morgan fingerprint density at radius 2 is 2.00 bits per heavy atom. The van der Waals surface area contributed by atoms with Crippen LogP contribution in [0.4, 0.5) is 10.1 Å². The molecule has 0 aliphatic carbocycles. The van der Waals surface area contributed by atoms with Crippen LogP contribution in [0.2, 0.25) is 0 Å². The smallest absolute Gasteiger partial charge is 0.215 e. The Hall–Kier alpha value is -2.97. The molecule has 0 bridgehead atoms. The molecule has 3 heterocycles. The molecule has 4 rings (SSSR count). The quantitative estimate of drug-likeness (QED) is 0.638. The Labute approximate surface area is 168 Å². The summed E-state index contributed by atoms with van der Waals surface area (Å²) >= 11 is 0. The lowest BCUT2D eigenvalue weighted by atomic mass is 10.2. The summed E-state index contributed by atoms with van der Waals surface area (Å²) in [5, 5.41) is 0.664. The topological polar surface area (TPSA) is 82.7 Å². The van der Waals surface area contributed by atoms with Gasteiger partial charge in [0.05, 0.1) is 24.1 Å². The molecule has 3 aromatic rings. The van der Waals surface area contributed by atoms with Crippen molar-refractivity contribution >= 4 is 16.6 Å². The van der Waals surface area contributed by atoms with Crippen molar-refractivity contribution in [2.75, 3.05) is 38.6 Å². The van der Waals surface area contributed by atoms with Crippen LogP contribution in [0.5, 0.6) is 17.4 Å². The van der Waals surface area contributed by atoms with E-state index in [-0.39, 0.29) is 11.8 Å². The number of rotatable bonds is 6. The maximum absolute atomic E-state index is 14.1. The molecule has 1 atom stereocenters. The monoisotopic (exact) mass is 398 g/mol. The zero-order chi connectivity index (χ0) is 20.2. The number of nitrogens with two attached hydrogens (primary N) is 1. The molecule has 1 saturated heterocycles. The number of aromatic nitrogens is 2. The van der Waals surface area contributed by atoms with E-state index in [1.54, 1.807) is 30.6 Å². The minimum Gasteiger partial charge on any atom is -0.476 e. The Balaban J connectivity index is 1.48. The van der Waals surface area contributed by atoms with Gasteiger partial charge in [0.2, 0.25) is 5.88 Å². The van der Waals surface area contributed by atoms with Crippen molar-refractivity contribution in [1.29, 1.82) is 0 Å². The van der Waals surface area contributed by atoms with Gasteiger partial charge in [-0.25, -0.2) is 9.37 Å². The third kappa shape index (κ3) is 4.55. The van der Waals surface area contributed by atoms with Crippen molar-refractivity contribution in [3.8, 4) is 17.4 Å². The molecule has 0 amide bonds. The molecule has 0 saturated carbocycles. The number of hydrogen-bond acceptors (Lipinski definition) is 7. The Bertz CT molecular complexity index is 995. The normalized spacial score (nSPS) is 15.9. The average molecular weight is 398 g/mol. The van der Waals surface area contributed by atoms with E-state index < -0.39 is 5.82 Å². The van der Waals surface area contributed by atoms with Crippen LogP contribution in [0.1, 0.15) is 6.92 Å². The number of hydrogen-bond donors (Lipinski definition) is 1. The molecule has 0 spiro atoms. The summed E-state index contributed by atoms with van der Waals surface area (Å²) in [6, 6.07) is 7.98. The number of fused-ring (bicyclic) bond motifs is 1. The summed E-state index contributed by atoms with van der Waals surface area (Å²) in [4.78, 5) is 11.0. The third-order valence-electron chi connectivity index (χ3n) is 4.88. The number of nitrogens with zero attached hydrogens (tertiary/aromatic N) is 3. The third-order valence-corrected chi connectivity index (χ3v) is 4.88. The summed E-state index contributed by atoms with van der Waals surface area (Å²) in [5.74, 6) is 0.506. The Morgan fingerprint density at radius 1 is 1.17 bits per heavy atom. The van der Waals surface area contributed by atoms with Crippen molar-refractivity contribution < 1.29 is 18.6 Å². The second-order valence-electron chi connectivity index (χ2n) is 6.95. The van der Waals surface area contributed by atoms with E-state index >= 15 is 0 Å². The van der Waals surface area contributed by atoms with Gasteiger partial charge < -0.3 is 19.9 Å². The van der Waals surface area contributed by atoms with Crippen LogP contribution in [0.3, 0.4) is 0 Å². The zero-order valence-corrected chi connectivity index (χ0v) is 16.2. The van der Waals surface area contributed by atoms with E-state index in [9.17, 15) is 4.39 Å². The van der Waals surface area contributed by atoms with E-state index in [2.05, 4.69) is 21.8 Å². The van der Waals surface area contributed by atoms with Crippen LogP contribution in [0, 0.1) is 5.82 Å². The maximum Gasteiger partial charge on any atom is 0.215 e. The van der Waals surface area contributed by atoms with Gasteiger partial charge in [0.1, 0.15) is 12.4 Å². The summed E-state index contributed by atoms with van der Waals surface area (Å²) in [7, 11) is 0. The molecule has 2 aromatic heterocycles. The number of ether oxygens (including phenoxy) is 3.